The predicted octanol–water partition coefficient (Wildman–Crippen LogP) is 0.829. The summed E-state index contributed by atoms with van der Waals surface area (Å²) in [5.74, 6) is 0. The van der Waals surface area contributed by atoms with Gasteiger partial charge in [-0.1, -0.05) is 23.8 Å². The summed E-state index contributed by atoms with van der Waals surface area (Å²) in [5.41, 5.74) is 2.19. The number of aromatic amines is 1. The number of benzene rings is 1. The van der Waals surface area contributed by atoms with E-state index in [4.69, 9.17) is 4.52 Å². The third kappa shape index (κ3) is 2.57. The number of rotatable bonds is 5. The molecule has 0 spiro atoms. The lowest BCUT2D eigenvalue weighted by Crippen LogP contribution is -2.40. The highest BCUT2D eigenvalue weighted by Crippen LogP contribution is 2.02. The van der Waals surface area contributed by atoms with Gasteiger partial charge in [-0.2, -0.15) is 0 Å². The molecule has 0 atom stereocenters. The van der Waals surface area contributed by atoms with E-state index in [9.17, 15) is 4.79 Å². The lowest BCUT2D eigenvalue weighted by atomic mass is 10.2. The van der Waals surface area contributed by atoms with Gasteiger partial charge < -0.3 is 5.32 Å². The van der Waals surface area contributed by atoms with Gasteiger partial charge in [0.15, 0.2) is 0 Å². The van der Waals surface area contributed by atoms with Crippen LogP contribution < -0.4 is 15.6 Å². The van der Waals surface area contributed by atoms with Crippen LogP contribution in [-0.4, -0.2) is 11.8 Å². The van der Waals surface area contributed by atoms with Crippen molar-refractivity contribution in [1.29, 1.82) is 0 Å². The van der Waals surface area contributed by atoms with E-state index in [1.165, 1.54) is 0 Å². The van der Waals surface area contributed by atoms with Gasteiger partial charge in [0.25, 0.3) is 0 Å². The van der Waals surface area contributed by atoms with Crippen molar-refractivity contribution in [3.05, 3.63) is 58.6 Å². The van der Waals surface area contributed by atoms with Crippen molar-refractivity contribution in [3.63, 3.8) is 0 Å². The van der Waals surface area contributed by atoms with E-state index in [0.717, 1.165) is 11.3 Å². The summed E-state index contributed by atoms with van der Waals surface area (Å²) < 4.78 is 6.46. The normalized spacial score (nSPS) is 10.5. The molecule has 5 nitrogen and oxygen atoms in total. The van der Waals surface area contributed by atoms with Crippen LogP contribution in [0.2, 0.25) is 0 Å². The maximum Gasteiger partial charge on any atom is 0.431 e. The molecule has 2 rings (SSSR count). The lowest BCUT2D eigenvalue weighted by molar-refractivity contribution is -0.677. The first-order valence-corrected chi connectivity index (χ1v) is 5.73. The van der Waals surface area contributed by atoms with Gasteiger partial charge in [-0.3, -0.25) is 4.52 Å². The topological polar surface area (TPSA) is 61.9 Å². The van der Waals surface area contributed by atoms with Gasteiger partial charge in [0.2, 0.25) is 5.69 Å². The Morgan fingerprint density at radius 1 is 1.44 bits per heavy atom. The van der Waals surface area contributed by atoms with Crippen LogP contribution in [-0.2, 0) is 6.54 Å². The van der Waals surface area contributed by atoms with Crippen molar-refractivity contribution in [3.8, 4) is 5.69 Å². The second-order valence-electron chi connectivity index (χ2n) is 4.02. The smallest absolute Gasteiger partial charge is 0.304 e. The van der Waals surface area contributed by atoms with Gasteiger partial charge in [0.05, 0.1) is 6.54 Å². The molecule has 5 heteroatoms. The summed E-state index contributed by atoms with van der Waals surface area (Å²) in [5, 5.41) is 5.68. The second-order valence-corrected chi connectivity index (χ2v) is 4.02. The minimum atomic E-state index is -0.368. The number of hydrogen-bond acceptors (Lipinski definition) is 3. The SMILES string of the molecule is C=CCNCc1c(=O)o[nH][n+]1-c1ccc(C)cc1. The Morgan fingerprint density at radius 3 is 2.83 bits per heavy atom. The molecule has 1 aromatic heterocycles. The molecule has 94 valence electrons. The highest BCUT2D eigenvalue weighted by Gasteiger charge is 2.22. The molecule has 0 saturated carbocycles. The van der Waals surface area contributed by atoms with E-state index in [0.29, 0.717) is 18.8 Å². The summed E-state index contributed by atoms with van der Waals surface area (Å²) in [7, 11) is 0. The molecule has 1 aromatic carbocycles. The summed E-state index contributed by atoms with van der Waals surface area (Å²) >= 11 is 0. The molecule has 0 aliphatic heterocycles. The fourth-order valence-corrected chi connectivity index (χ4v) is 1.64. The van der Waals surface area contributed by atoms with Crippen molar-refractivity contribution in [2.45, 2.75) is 13.5 Å². The van der Waals surface area contributed by atoms with E-state index >= 15 is 0 Å². The van der Waals surface area contributed by atoms with E-state index in [1.54, 1.807) is 10.8 Å². The standard InChI is InChI=1S/C13H15N3O2/c1-3-8-14-9-12-13(17)18-15-16(12)11-6-4-10(2)5-7-11/h3-7,14H,1,8-9H2,2H3/p+1. The highest BCUT2D eigenvalue weighted by molar-refractivity contribution is 5.26. The molecule has 0 aliphatic rings. The van der Waals surface area contributed by atoms with Crippen molar-refractivity contribution in [2.75, 3.05) is 6.54 Å². The zero-order valence-corrected chi connectivity index (χ0v) is 10.3. The van der Waals surface area contributed by atoms with E-state index in [2.05, 4.69) is 17.2 Å². The van der Waals surface area contributed by atoms with Crippen LogP contribution in [0.1, 0.15) is 11.3 Å². The number of aromatic nitrogens is 2. The summed E-state index contributed by atoms with van der Waals surface area (Å²) in [6.45, 7) is 6.69. The molecular formula is C13H16N3O2+. The Labute approximate surface area is 105 Å². The molecular weight excluding hydrogens is 230 g/mol. The monoisotopic (exact) mass is 246 g/mol. The summed E-state index contributed by atoms with van der Waals surface area (Å²) in [4.78, 5) is 11.6. The number of nitrogens with one attached hydrogen (secondary N) is 2. The molecule has 1 heterocycles. The van der Waals surface area contributed by atoms with Gasteiger partial charge >= 0.3 is 11.3 Å². The van der Waals surface area contributed by atoms with Crippen LogP contribution in [0, 0.1) is 6.92 Å². The number of nitrogens with zero attached hydrogens (tertiary/aromatic N) is 1. The fraction of sp³-hybridized carbons (Fsp3) is 0.231. The average Bonchev–Trinajstić information content (AvgIpc) is 2.73. The molecule has 0 radical (unpaired) electrons. The van der Waals surface area contributed by atoms with E-state index in [1.807, 2.05) is 31.2 Å². The molecule has 0 unspecified atom stereocenters. The zero-order valence-electron chi connectivity index (χ0n) is 10.3. The minimum Gasteiger partial charge on any atom is -0.304 e. The number of hydrogen-bond donors (Lipinski definition) is 2. The first kappa shape index (κ1) is 12.3. The first-order valence-electron chi connectivity index (χ1n) is 5.73. The number of aryl methyl sites for hydroxylation is 1. The molecule has 0 saturated heterocycles. The quantitative estimate of drug-likeness (QED) is 0.466. The maximum atomic E-state index is 11.6. The maximum absolute atomic E-state index is 11.6. The van der Waals surface area contributed by atoms with Crippen LogP contribution in [0.15, 0.2) is 46.2 Å². The number of H-pyrrole nitrogens is 1. The third-order valence-electron chi connectivity index (χ3n) is 2.61. The highest BCUT2D eigenvalue weighted by atomic mass is 16.5. The Hall–Kier alpha value is -2.14. The largest absolute Gasteiger partial charge is 0.431 e. The van der Waals surface area contributed by atoms with Crippen molar-refractivity contribution in [1.82, 2.24) is 10.6 Å². The Balaban J connectivity index is 2.30. The first-order chi connectivity index (χ1) is 8.72. The zero-order chi connectivity index (χ0) is 13.0. The minimum absolute atomic E-state index is 0.368. The average molecular weight is 246 g/mol. The van der Waals surface area contributed by atoms with Crippen molar-refractivity contribution < 1.29 is 9.20 Å². The third-order valence-corrected chi connectivity index (χ3v) is 2.61. The van der Waals surface area contributed by atoms with Gasteiger partial charge in [-0.05, 0) is 16.9 Å². The Morgan fingerprint density at radius 2 is 2.17 bits per heavy atom. The van der Waals surface area contributed by atoms with Gasteiger partial charge in [0, 0.05) is 18.7 Å². The summed E-state index contributed by atoms with van der Waals surface area (Å²) in [6.07, 6.45) is 1.74. The molecule has 0 bridgehead atoms. The van der Waals surface area contributed by atoms with Crippen LogP contribution >= 0.6 is 0 Å². The molecule has 0 aliphatic carbocycles. The van der Waals surface area contributed by atoms with Crippen molar-refractivity contribution in [2.24, 2.45) is 0 Å². The molecule has 18 heavy (non-hydrogen) atoms. The second kappa shape index (κ2) is 5.46. The Bertz CT molecular complexity index is 581. The Kier molecular flexibility index (Phi) is 3.74. The molecule has 0 fully saturated rings. The van der Waals surface area contributed by atoms with Crippen molar-refractivity contribution >= 4 is 0 Å². The van der Waals surface area contributed by atoms with Crippen LogP contribution in [0.5, 0.6) is 0 Å². The van der Waals surface area contributed by atoms with Gasteiger partial charge in [-0.15, -0.1) is 6.58 Å². The summed E-state index contributed by atoms with van der Waals surface area (Å²) in [6, 6.07) is 7.82. The molecule has 2 aromatic rings. The van der Waals surface area contributed by atoms with Gasteiger partial charge in [-0.25, -0.2) is 4.79 Å². The van der Waals surface area contributed by atoms with E-state index < -0.39 is 0 Å². The predicted molar refractivity (Wildman–Crippen MR) is 67.5 cm³/mol. The molecule has 2 N–H and O–H groups in total. The van der Waals surface area contributed by atoms with Crippen LogP contribution in [0.25, 0.3) is 5.69 Å². The molecule has 0 amide bonds. The van der Waals surface area contributed by atoms with Crippen LogP contribution in [0.4, 0.5) is 0 Å². The van der Waals surface area contributed by atoms with Crippen LogP contribution in [0.3, 0.4) is 0 Å². The van der Waals surface area contributed by atoms with Gasteiger partial charge in [0.1, 0.15) is 0 Å². The lowest BCUT2D eigenvalue weighted by Gasteiger charge is -1.96. The van der Waals surface area contributed by atoms with E-state index in [-0.39, 0.29) is 5.63 Å². The fourth-order valence-electron chi connectivity index (χ4n) is 1.64.